The largest absolute Gasteiger partial charge is 0.496 e. The van der Waals surface area contributed by atoms with Gasteiger partial charge in [0.1, 0.15) is 18.1 Å². The summed E-state index contributed by atoms with van der Waals surface area (Å²) in [6, 6.07) is 23.6. The van der Waals surface area contributed by atoms with Crippen LogP contribution < -0.4 is 14.8 Å². The fraction of sp³-hybridized carbons (Fsp3) is 0.357. The van der Waals surface area contributed by atoms with Crippen LogP contribution in [0.25, 0.3) is 0 Å². The Bertz CT molecular complexity index is 1030. The van der Waals surface area contributed by atoms with E-state index >= 15 is 0 Å². The molecule has 0 fully saturated rings. The molecule has 3 aromatic rings. The number of benzene rings is 3. The van der Waals surface area contributed by atoms with Crippen molar-refractivity contribution in [1.29, 1.82) is 0 Å². The van der Waals surface area contributed by atoms with E-state index in [4.69, 9.17) is 9.47 Å². The van der Waals surface area contributed by atoms with E-state index in [1.54, 1.807) is 7.11 Å². The third-order valence-corrected chi connectivity index (χ3v) is 6.62. The molecule has 1 atom stereocenters. The van der Waals surface area contributed by atoms with Crippen LogP contribution in [-0.4, -0.2) is 13.7 Å². The van der Waals surface area contributed by atoms with Crippen molar-refractivity contribution in [3.63, 3.8) is 0 Å². The van der Waals surface area contributed by atoms with Crippen molar-refractivity contribution in [3.05, 3.63) is 94.5 Å². The van der Waals surface area contributed by atoms with Crippen LogP contribution >= 0.6 is 0 Å². The molecule has 4 rings (SSSR count). The van der Waals surface area contributed by atoms with Crippen LogP contribution in [0.15, 0.2) is 66.7 Å². The average Bonchev–Trinajstić information content (AvgIpc) is 2.82. The molecule has 1 heterocycles. The van der Waals surface area contributed by atoms with Gasteiger partial charge in [0.25, 0.3) is 0 Å². The number of nitrogens with one attached hydrogen (secondary N) is 1. The van der Waals surface area contributed by atoms with Crippen molar-refractivity contribution >= 4 is 0 Å². The third-order valence-electron chi connectivity index (χ3n) is 6.62. The number of ether oxygens (including phenoxy) is 2. The first kappa shape index (κ1) is 21.5. The Hall–Kier alpha value is -2.78. The summed E-state index contributed by atoms with van der Waals surface area (Å²) in [7, 11) is 1.76. The van der Waals surface area contributed by atoms with Gasteiger partial charge in [-0.15, -0.1) is 0 Å². The zero-order chi connectivity index (χ0) is 21.8. The first-order valence-corrected chi connectivity index (χ1v) is 11.2. The molecule has 0 saturated carbocycles. The van der Waals surface area contributed by atoms with Crippen molar-refractivity contribution in [1.82, 2.24) is 5.32 Å². The maximum absolute atomic E-state index is 6.08. The lowest BCUT2D eigenvalue weighted by molar-refractivity contribution is 0.305. The number of hydrogen-bond donors (Lipinski definition) is 1. The van der Waals surface area contributed by atoms with Crippen molar-refractivity contribution in [2.75, 3.05) is 13.7 Å². The number of fused-ring (bicyclic) bond motifs is 1. The Kier molecular flexibility index (Phi) is 6.33. The van der Waals surface area contributed by atoms with Crippen LogP contribution in [0.5, 0.6) is 11.5 Å². The fourth-order valence-electron chi connectivity index (χ4n) is 4.23. The Morgan fingerprint density at radius 3 is 2.52 bits per heavy atom. The van der Waals surface area contributed by atoms with Gasteiger partial charge in [0, 0.05) is 12.1 Å². The molecule has 1 N–H and O–H groups in total. The van der Waals surface area contributed by atoms with Gasteiger partial charge in [-0.2, -0.15) is 0 Å². The van der Waals surface area contributed by atoms with E-state index in [-0.39, 0.29) is 11.5 Å². The van der Waals surface area contributed by atoms with E-state index in [2.05, 4.69) is 74.6 Å². The topological polar surface area (TPSA) is 30.5 Å². The minimum Gasteiger partial charge on any atom is -0.496 e. The summed E-state index contributed by atoms with van der Waals surface area (Å²) in [5, 5.41) is 3.72. The number of rotatable bonds is 7. The third kappa shape index (κ3) is 4.62. The molecule has 0 bridgehead atoms. The Labute approximate surface area is 186 Å². The molecule has 0 radical (unpaired) electrons. The first-order valence-electron chi connectivity index (χ1n) is 11.2. The van der Waals surface area contributed by atoms with E-state index in [0.717, 1.165) is 30.9 Å². The van der Waals surface area contributed by atoms with Gasteiger partial charge in [0.2, 0.25) is 0 Å². The van der Waals surface area contributed by atoms with Gasteiger partial charge < -0.3 is 14.8 Å². The zero-order valence-corrected chi connectivity index (χ0v) is 19.1. The molecule has 0 aliphatic carbocycles. The Morgan fingerprint density at radius 1 is 0.968 bits per heavy atom. The molecule has 3 heteroatoms. The van der Waals surface area contributed by atoms with Crippen molar-refractivity contribution in [2.24, 2.45) is 0 Å². The second-order valence-electron chi connectivity index (χ2n) is 8.97. The van der Waals surface area contributed by atoms with Gasteiger partial charge in [0.15, 0.2) is 0 Å². The van der Waals surface area contributed by atoms with Gasteiger partial charge in [-0.1, -0.05) is 63.2 Å². The van der Waals surface area contributed by atoms with Crippen molar-refractivity contribution in [3.8, 4) is 11.5 Å². The lowest BCUT2D eigenvalue weighted by atomic mass is 9.80. The zero-order valence-electron chi connectivity index (χ0n) is 19.1. The van der Waals surface area contributed by atoms with E-state index < -0.39 is 0 Å². The SMILES string of the molecule is CCC(C)(C)c1ccc(OC)c(C2NCCc3cc(OCc4ccccc4)ccc32)c1. The Morgan fingerprint density at radius 2 is 1.77 bits per heavy atom. The van der Waals surface area contributed by atoms with Crippen LogP contribution in [0, 0.1) is 0 Å². The predicted molar refractivity (Wildman–Crippen MR) is 127 cm³/mol. The van der Waals surface area contributed by atoms with Crippen LogP contribution in [0.1, 0.15) is 61.1 Å². The molecule has 0 saturated heterocycles. The van der Waals surface area contributed by atoms with Crippen molar-refractivity contribution in [2.45, 2.75) is 51.7 Å². The minimum absolute atomic E-state index is 0.120. The highest BCUT2D eigenvalue weighted by Crippen LogP contribution is 2.38. The Balaban J connectivity index is 1.63. The molecule has 3 nitrogen and oxygen atoms in total. The second kappa shape index (κ2) is 9.15. The summed E-state index contributed by atoms with van der Waals surface area (Å²) in [5.74, 6) is 1.86. The quantitative estimate of drug-likeness (QED) is 0.498. The first-order chi connectivity index (χ1) is 15.0. The fourth-order valence-corrected chi connectivity index (χ4v) is 4.23. The molecule has 3 aromatic carbocycles. The summed E-state index contributed by atoms with van der Waals surface area (Å²) in [6.07, 6.45) is 2.09. The summed E-state index contributed by atoms with van der Waals surface area (Å²) in [4.78, 5) is 0. The highest BCUT2D eigenvalue weighted by Gasteiger charge is 2.27. The summed E-state index contributed by atoms with van der Waals surface area (Å²) in [6.45, 7) is 8.37. The van der Waals surface area contributed by atoms with Gasteiger partial charge in [-0.3, -0.25) is 0 Å². The molecule has 1 aliphatic heterocycles. The van der Waals surface area contributed by atoms with Gasteiger partial charge >= 0.3 is 0 Å². The molecular formula is C28H33NO2. The lowest BCUT2D eigenvalue weighted by Gasteiger charge is -2.31. The molecular weight excluding hydrogens is 382 g/mol. The highest BCUT2D eigenvalue weighted by atomic mass is 16.5. The van der Waals surface area contributed by atoms with Crippen LogP contribution in [0.2, 0.25) is 0 Å². The van der Waals surface area contributed by atoms with E-state index in [9.17, 15) is 0 Å². The van der Waals surface area contributed by atoms with Crippen LogP contribution in [0.4, 0.5) is 0 Å². The molecule has 162 valence electrons. The number of hydrogen-bond acceptors (Lipinski definition) is 3. The molecule has 31 heavy (non-hydrogen) atoms. The molecule has 1 aliphatic rings. The van der Waals surface area contributed by atoms with E-state index in [0.29, 0.717) is 6.61 Å². The molecule has 0 aromatic heterocycles. The summed E-state index contributed by atoms with van der Waals surface area (Å²) in [5.41, 5.74) is 6.52. The van der Waals surface area contributed by atoms with Gasteiger partial charge in [-0.05, 0) is 64.8 Å². The van der Waals surface area contributed by atoms with Gasteiger partial charge in [0.05, 0.1) is 13.2 Å². The smallest absolute Gasteiger partial charge is 0.124 e. The molecule has 1 unspecified atom stereocenters. The summed E-state index contributed by atoms with van der Waals surface area (Å²) < 4.78 is 11.8. The summed E-state index contributed by atoms with van der Waals surface area (Å²) >= 11 is 0. The number of methoxy groups -OCH3 is 1. The highest BCUT2D eigenvalue weighted by molar-refractivity contribution is 5.49. The van der Waals surface area contributed by atoms with Crippen LogP contribution in [-0.2, 0) is 18.4 Å². The molecule has 0 spiro atoms. The second-order valence-corrected chi connectivity index (χ2v) is 8.97. The lowest BCUT2D eigenvalue weighted by Crippen LogP contribution is -2.31. The van der Waals surface area contributed by atoms with Gasteiger partial charge in [-0.25, -0.2) is 0 Å². The van der Waals surface area contributed by atoms with E-state index in [1.807, 2.05) is 18.2 Å². The maximum Gasteiger partial charge on any atom is 0.124 e. The standard InChI is InChI=1S/C28H33NO2/c1-5-28(2,3)22-11-14-26(30-4)25(18-22)27-24-13-12-23(17-21(24)15-16-29-27)31-19-20-9-7-6-8-10-20/h6-14,17-18,27,29H,5,15-16,19H2,1-4H3. The normalized spacial score (nSPS) is 15.9. The van der Waals surface area contributed by atoms with Crippen molar-refractivity contribution < 1.29 is 9.47 Å². The monoisotopic (exact) mass is 415 g/mol. The minimum atomic E-state index is 0.120. The van der Waals surface area contributed by atoms with E-state index in [1.165, 1.54) is 27.8 Å². The average molecular weight is 416 g/mol. The molecule has 0 amide bonds. The maximum atomic E-state index is 6.08. The van der Waals surface area contributed by atoms with Crippen LogP contribution in [0.3, 0.4) is 0 Å². The predicted octanol–water partition coefficient (Wildman–Crippen LogP) is 6.20.